The van der Waals surface area contributed by atoms with E-state index in [0.29, 0.717) is 11.7 Å². The van der Waals surface area contributed by atoms with Crippen molar-refractivity contribution in [3.63, 3.8) is 0 Å². The molecule has 6 rings (SSSR count). The van der Waals surface area contributed by atoms with Crippen LogP contribution in [0.1, 0.15) is 101 Å². The molecule has 0 radical (unpaired) electrons. The van der Waals surface area contributed by atoms with E-state index in [0.717, 1.165) is 75.6 Å². The molecule has 0 spiro atoms. The number of hydrogen-bond donors (Lipinski definition) is 3. The lowest BCUT2D eigenvalue weighted by molar-refractivity contribution is -0.138. The van der Waals surface area contributed by atoms with Gasteiger partial charge in [-0.3, -0.25) is 4.79 Å². The zero-order valence-electron chi connectivity index (χ0n) is 24.3. The smallest absolute Gasteiger partial charge is 0.230 e. The molecule has 4 aliphatic rings. The minimum Gasteiger partial charge on any atom is -0.508 e. The number of benzene rings is 2. The number of aryl methyl sites for hydroxylation is 2. The summed E-state index contributed by atoms with van der Waals surface area (Å²) in [6.07, 6.45) is 10.4. The topological polar surface area (TPSA) is 75.3 Å². The first-order chi connectivity index (χ1) is 18.4. The molecule has 2 saturated carbocycles. The summed E-state index contributed by atoms with van der Waals surface area (Å²) >= 11 is 0. The summed E-state index contributed by atoms with van der Waals surface area (Å²) in [5, 5.41) is 13.8. The normalized spacial score (nSPS) is 37.0. The van der Waals surface area contributed by atoms with Crippen LogP contribution in [0.3, 0.4) is 0 Å². The van der Waals surface area contributed by atoms with Gasteiger partial charge in [-0.2, -0.15) is 0 Å². The fraction of sp³-hybridized carbons (Fsp3) is 0.571. The van der Waals surface area contributed by atoms with Crippen molar-refractivity contribution in [3.8, 4) is 5.75 Å². The Morgan fingerprint density at radius 1 is 0.846 bits per heavy atom. The van der Waals surface area contributed by atoms with Crippen LogP contribution in [-0.2, 0) is 28.5 Å². The van der Waals surface area contributed by atoms with Crippen LogP contribution in [0.2, 0.25) is 0 Å². The number of allylic oxidation sites excluding steroid dienone is 1. The molecule has 0 saturated heterocycles. The SMILES string of the molecule is C=C(NC(=O)[C@@]1(C)CCC[C@]2(C)c3cc(O)ccc3CC[C@@H]12)[C@@]1(C)CCC[C@]2(C)c3cc(N)ccc3CC[C@@H]12. The summed E-state index contributed by atoms with van der Waals surface area (Å²) in [5.74, 6) is 1.11. The third-order valence-electron chi connectivity index (χ3n) is 12.2. The van der Waals surface area contributed by atoms with Gasteiger partial charge >= 0.3 is 0 Å². The largest absolute Gasteiger partial charge is 0.508 e. The maximum atomic E-state index is 14.3. The molecule has 4 nitrogen and oxygen atoms in total. The Morgan fingerprint density at radius 3 is 2.03 bits per heavy atom. The summed E-state index contributed by atoms with van der Waals surface area (Å²) in [5.41, 5.74) is 12.7. The molecule has 2 aromatic rings. The van der Waals surface area contributed by atoms with Gasteiger partial charge in [0.05, 0.1) is 5.41 Å². The quantitative estimate of drug-likeness (QED) is 0.367. The zero-order chi connectivity index (χ0) is 27.8. The average Bonchev–Trinajstić information content (AvgIpc) is 2.89. The van der Waals surface area contributed by atoms with Crippen LogP contribution in [0, 0.1) is 22.7 Å². The molecule has 0 aliphatic heterocycles. The van der Waals surface area contributed by atoms with Gasteiger partial charge in [0, 0.05) is 16.8 Å². The Morgan fingerprint density at radius 2 is 1.38 bits per heavy atom. The fourth-order valence-corrected chi connectivity index (χ4v) is 9.98. The molecule has 39 heavy (non-hydrogen) atoms. The monoisotopic (exact) mass is 526 g/mol. The van der Waals surface area contributed by atoms with Crippen molar-refractivity contribution < 1.29 is 9.90 Å². The number of nitrogen functional groups attached to an aromatic ring is 1. The van der Waals surface area contributed by atoms with E-state index in [2.05, 4.69) is 57.8 Å². The molecule has 0 bridgehead atoms. The molecule has 0 aromatic heterocycles. The van der Waals surface area contributed by atoms with Gasteiger partial charge in [-0.05, 0) is 121 Å². The molecule has 4 heteroatoms. The van der Waals surface area contributed by atoms with Crippen molar-refractivity contribution >= 4 is 11.6 Å². The standard InChI is InChI=1S/C35H46N2O2/c1-22(32(2)16-6-17-33(3)27-20-25(36)12-8-23(27)10-14-29(32)33)37-31(39)35(5)19-7-18-34(4)28-21-26(38)13-9-24(28)11-15-30(34)35/h8-9,12-13,20-21,29-30,38H,1,6-7,10-11,14-19,36H2,2-5H3,(H,37,39)/t29-,30+,32+,33+,34+,35-/m0/s1. The number of amides is 1. The third kappa shape index (κ3) is 3.80. The molecule has 0 unspecified atom stereocenters. The second-order valence-electron chi connectivity index (χ2n) is 14.3. The van der Waals surface area contributed by atoms with Gasteiger partial charge < -0.3 is 16.2 Å². The lowest BCUT2D eigenvalue weighted by Crippen LogP contribution is -2.57. The number of fused-ring (bicyclic) bond motifs is 6. The van der Waals surface area contributed by atoms with Gasteiger partial charge in [-0.1, -0.05) is 59.2 Å². The van der Waals surface area contributed by atoms with Gasteiger partial charge in [0.25, 0.3) is 0 Å². The first-order valence-corrected chi connectivity index (χ1v) is 15.1. The van der Waals surface area contributed by atoms with E-state index in [1.807, 2.05) is 12.1 Å². The van der Waals surface area contributed by atoms with Gasteiger partial charge in [-0.25, -0.2) is 0 Å². The van der Waals surface area contributed by atoms with Crippen molar-refractivity contribution in [3.05, 3.63) is 70.9 Å². The third-order valence-corrected chi connectivity index (χ3v) is 12.2. The minimum atomic E-state index is -0.471. The van der Waals surface area contributed by atoms with Crippen LogP contribution in [0.5, 0.6) is 5.75 Å². The molecule has 4 N–H and O–H groups in total. The molecule has 4 aliphatic carbocycles. The first-order valence-electron chi connectivity index (χ1n) is 15.1. The van der Waals surface area contributed by atoms with E-state index >= 15 is 0 Å². The lowest BCUT2D eigenvalue weighted by Gasteiger charge is -2.57. The molecular weight excluding hydrogens is 480 g/mol. The van der Waals surface area contributed by atoms with Crippen molar-refractivity contribution in [2.24, 2.45) is 22.7 Å². The number of nitrogens with two attached hydrogens (primary N) is 1. The summed E-state index contributed by atoms with van der Waals surface area (Å²) in [6.45, 7) is 13.9. The van der Waals surface area contributed by atoms with E-state index in [1.165, 1.54) is 22.3 Å². The second-order valence-corrected chi connectivity index (χ2v) is 14.3. The number of carbonyl (C=O) groups is 1. The van der Waals surface area contributed by atoms with E-state index < -0.39 is 5.41 Å². The lowest BCUT2D eigenvalue weighted by atomic mass is 9.48. The number of hydrogen-bond acceptors (Lipinski definition) is 3. The first kappa shape index (κ1) is 26.5. The fourth-order valence-electron chi connectivity index (χ4n) is 9.98. The maximum Gasteiger partial charge on any atom is 0.230 e. The van der Waals surface area contributed by atoms with Gasteiger partial charge in [0.2, 0.25) is 5.91 Å². The molecule has 208 valence electrons. The summed E-state index contributed by atoms with van der Waals surface area (Å²) in [7, 11) is 0. The Hall–Kier alpha value is -2.75. The van der Waals surface area contributed by atoms with Gasteiger partial charge in [0.1, 0.15) is 5.75 Å². The number of nitrogens with one attached hydrogen (secondary N) is 1. The maximum absolute atomic E-state index is 14.3. The van der Waals surface area contributed by atoms with Crippen molar-refractivity contribution in [1.82, 2.24) is 5.32 Å². The number of carbonyl (C=O) groups excluding carboxylic acids is 1. The Kier molecular flexibility index (Phi) is 6.03. The Bertz CT molecular complexity index is 1250. The van der Waals surface area contributed by atoms with E-state index in [4.69, 9.17) is 5.73 Å². The molecule has 0 heterocycles. The Balaban J connectivity index is 1.28. The highest BCUT2D eigenvalue weighted by atomic mass is 16.3. The number of phenolic OH excluding ortho intramolecular Hbond substituents is 1. The van der Waals surface area contributed by atoms with Crippen LogP contribution in [-0.4, -0.2) is 11.0 Å². The highest BCUT2D eigenvalue weighted by Crippen LogP contribution is 2.61. The highest BCUT2D eigenvalue weighted by Gasteiger charge is 2.57. The highest BCUT2D eigenvalue weighted by molar-refractivity contribution is 5.85. The molecular formula is C35H46N2O2. The number of rotatable bonds is 3. The zero-order valence-corrected chi connectivity index (χ0v) is 24.3. The Labute approximate surface area is 234 Å². The van der Waals surface area contributed by atoms with Crippen LogP contribution in [0.25, 0.3) is 0 Å². The predicted molar refractivity (Wildman–Crippen MR) is 158 cm³/mol. The predicted octanol–water partition coefficient (Wildman–Crippen LogP) is 7.33. The number of anilines is 1. The van der Waals surface area contributed by atoms with E-state index in [1.54, 1.807) is 6.07 Å². The van der Waals surface area contributed by atoms with Crippen LogP contribution in [0.4, 0.5) is 5.69 Å². The second kappa shape index (κ2) is 8.88. The average molecular weight is 527 g/mol. The number of phenols is 1. The van der Waals surface area contributed by atoms with Crippen molar-refractivity contribution in [2.45, 2.75) is 103 Å². The summed E-state index contributed by atoms with van der Waals surface area (Å²) < 4.78 is 0. The number of aromatic hydroxyl groups is 1. The molecule has 2 aromatic carbocycles. The van der Waals surface area contributed by atoms with E-state index in [-0.39, 0.29) is 28.1 Å². The van der Waals surface area contributed by atoms with Gasteiger partial charge in [0.15, 0.2) is 0 Å². The van der Waals surface area contributed by atoms with Crippen LogP contribution in [0.15, 0.2) is 48.7 Å². The summed E-state index contributed by atoms with van der Waals surface area (Å²) in [6, 6.07) is 12.3. The minimum absolute atomic E-state index is 0.0338. The summed E-state index contributed by atoms with van der Waals surface area (Å²) in [4.78, 5) is 14.3. The molecule has 2 fully saturated rings. The molecule has 6 atom stereocenters. The van der Waals surface area contributed by atoms with Crippen LogP contribution < -0.4 is 11.1 Å². The van der Waals surface area contributed by atoms with Crippen molar-refractivity contribution in [2.75, 3.05) is 5.73 Å². The van der Waals surface area contributed by atoms with Crippen LogP contribution >= 0.6 is 0 Å². The van der Waals surface area contributed by atoms with Crippen molar-refractivity contribution in [1.29, 1.82) is 0 Å². The van der Waals surface area contributed by atoms with E-state index in [9.17, 15) is 9.90 Å². The molecule has 1 amide bonds. The van der Waals surface area contributed by atoms with Gasteiger partial charge in [-0.15, -0.1) is 0 Å².